The number of rotatable bonds is 6. The normalized spacial score (nSPS) is 19.4. The molecule has 1 aromatic carbocycles. The van der Waals surface area contributed by atoms with Gasteiger partial charge in [0.2, 0.25) is 0 Å². The summed E-state index contributed by atoms with van der Waals surface area (Å²) in [6, 6.07) is 8.63. The number of para-hydroxylation sites is 1. The molecule has 3 nitrogen and oxygen atoms in total. The summed E-state index contributed by atoms with van der Waals surface area (Å²) < 4.78 is 0. The zero-order valence-electron chi connectivity index (χ0n) is 13.7. The molecule has 4 N–H and O–H groups in total. The zero-order chi connectivity index (χ0) is 15.4. The number of nitrogens with one attached hydrogen (secondary N) is 2. The first kappa shape index (κ1) is 15.6. The van der Waals surface area contributed by atoms with Crippen molar-refractivity contribution in [3.05, 3.63) is 36.0 Å². The topological polar surface area (TPSA) is 53.8 Å². The van der Waals surface area contributed by atoms with Crippen molar-refractivity contribution in [1.29, 1.82) is 0 Å². The summed E-state index contributed by atoms with van der Waals surface area (Å²) in [5.74, 6) is 0. The van der Waals surface area contributed by atoms with E-state index in [0.29, 0.717) is 5.54 Å². The van der Waals surface area contributed by atoms with Gasteiger partial charge in [-0.1, -0.05) is 44.4 Å². The van der Waals surface area contributed by atoms with Gasteiger partial charge in [-0.2, -0.15) is 0 Å². The second-order valence-electron chi connectivity index (χ2n) is 6.90. The predicted octanol–water partition coefficient (Wildman–Crippen LogP) is 3.74. The van der Waals surface area contributed by atoms with Crippen molar-refractivity contribution in [1.82, 2.24) is 10.3 Å². The minimum atomic E-state index is 0.171. The Morgan fingerprint density at radius 2 is 2.00 bits per heavy atom. The number of benzene rings is 1. The number of fused-ring (bicyclic) bond motifs is 1. The van der Waals surface area contributed by atoms with Crippen molar-refractivity contribution in [2.45, 2.75) is 63.5 Å². The average molecular weight is 299 g/mol. The maximum absolute atomic E-state index is 6.41. The summed E-state index contributed by atoms with van der Waals surface area (Å²) in [5.41, 5.74) is 9.29. The molecule has 0 radical (unpaired) electrons. The van der Waals surface area contributed by atoms with Crippen molar-refractivity contribution < 1.29 is 0 Å². The molecule has 0 saturated heterocycles. The van der Waals surface area contributed by atoms with Crippen LogP contribution in [-0.4, -0.2) is 23.1 Å². The van der Waals surface area contributed by atoms with Crippen LogP contribution in [0.2, 0.25) is 0 Å². The van der Waals surface area contributed by atoms with Crippen LogP contribution in [0.5, 0.6) is 0 Å². The van der Waals surface area contributed by atoms with Gasteiger partial charge in [0, 0.05) is 35.2 Å². The molecule has 0 amide bonds. The Bertz CT molecular complexity index is 596. The summed E-state index contributed by atoms with van der Waals surface area (Å²) in [4.78, 5) is 3.34. The molecule has 1 aliphatic rings. The summed E-state index contributed by atoms with van der Waals surface area (Å²) in [5, 5.41) is 5.12. The summed E-state index contributed by atoms with van der Waals surface area (Å²) in [7, 11) is 0. The van der Waals surface area contributed by atoms with Gasteiger partial charge < -0.3 is 16.0 Å². The van der Waals surface area contributed by atoms with Crippen molar-refractivity contribution in [2.24, 2.45) is 5.73 Å². The molecule has 2 aromatic rings. The SMILES string of the molecule is CCC1(NCC(N)Cc2c[nH]c3ccccc23)CCCCC1. The van der Waals surface area contributed by atoms with Crippen LogP contribution in [0.25, 0.3) is 10.9 Å². The molecule has 1 heterocycles. The molecule has 1 saturated carbocycles. The fraction of sp³-hybridized carbons (Fsp3) is 0.579. The van der Waals surface area contributed by atoms with Gasteiger partial charge >= 0.3 is 0 Å². The lowest BCUT2D eigenvalue weighted by atomic mass is 9.79. The maximum Gasteiger partial charge on any atom is 0.0456 e. The highest BCUT2D eigenvalue weighted by Gasteiger charge is 2.29. The first-order valence-corrected chi connectivity index (χ1v) is 8.78. The van der Waals surface area contributed by atoms with Gasteiger partial charge in [0.25, 0.3) is 0 Å². The largest absolute Gasteiger partial charge is 0.361 e. The van der Waals surface area contributed by atoms with E-state index in [1.54, 1.807) is 0 Å². The van der Waals surface area contributed by atoms with E-state index in [9.17, 15) is 0 Å². The standard InChI is InChI=1S/C19H29N3/c1-2-19(10-6-3-7-11-19)22-14-16(20)12-15-13-21-18-9-5-4-8-17(15)18/h4-5,8-9,13,16,21-22H,2-3,6-7,10-12,14,20H2,1H3. The number of aromatic nitrogens is 1. The number of nitrogens with two attached hydrogens (primary N) is 1. The quantitative estimate of drug-likeness (QED) is 0.761. The van der Waals surface area contributed by atoms with E-state index in [4.69, 9.17) is 5.73 Å². The molecule has 1 aliphatic carbocycles. The lowest BCUT2D eigenvalue weighted by molar-refractivity contribution is 0.219. The van der Waals surface area contributed by atoms with E-state index in [0.717, 1.165) is 13.0 Å². The first-order chi connectivity index (χ1) is 10.7. The molecule has 1 aromatic heterocycles. The average Bonchev–Trinajstić information content (AvgIpc) is 2.97. The summed E-state index contributed by atoms with van der Waals surface area (Å²) in [6.07, 6.45) is 11.0. The van der Waals surface area contributed by atoms with Gasteiger partial charge in [0.15, 0.2) is 0 Å². The number of H-pyrrole nitrogens is 1. The number of hydrogen-bond donors (Lipinski definition) is 3. The van der Waals surface area contributed by atoms with Crippen molar-refractivity contribution in [3.8, 4) is 0 Å². The minimum absolute atomic E-state index is 0.171. The van der Waals surface area contributed by atoms with Crippen molar-refractivity contribution >= 4 is 10.9 Å². The summed E-state index contributed by atoms with van der Waals surface area (Å²) >= 11 is 0. The number of aromatic amines is 1. The van der Waals surface area contributed by atoms with Gasteiger partial charge in [-0.3, -0.25) is 0 Å². The molecular weight excluding hydrogens is 270 g/mol. The monoisotopic (exact) mass is 299 g/mol. The fourth-order valence-corrected chi connectivity index (χ4v) is 3.89. The van der Waals surface area contributed by atoms with Crippen LogP contribution in [0.15, 0.2) is 30.5 Å². The fourth-order valence-electron chi connectivity index (χ4n) is 3.89. The van der Waals surface area contributed by atoms with Gasteiger partial charge in [-0.05, 0) is 37.3 Å². The Kier molecular flexibility index (Phi) is 4.84. The minimum Gasteiger partial charge on any atom is -0.361 e. The highest BCUT2D eigenvalue weighted by atomic mass is 15.0. The third-order valence-corrected chi connectivity index (χ3v) is 5.38. The van der Waals surface area contributed by atoms with E-state index in [-0.39, 0.29) is 6.04 Å². The molecule has 120 valence electrons. The summed E-state index contributed by atoms with van der Waals surface area (Å²) in [6.45, 7) is 3.22. The molecule has 1 fully saturated rings. The molecule has 3 rings (SSSR count). The third-order valence-electron chi connectivity index (χ3n) is 5.38. The molecule has 1 atom stereocenters. The van der Waals surface area contributed by atoms with Gasteiger partial charge in [-0.15, -0.1) is 0 Å². The molecule has 1 unspecified atom stereocenters. The second kappa shape index (κ2) is 6.84. The molecule has 0 aliphatic heterocycles. The van der Waals surface area contributed by atoms with Gasteiger partial charge in [-0.25, -0.2) is 0 Å². The van der Waals surface area contributed by atoms with Crippen LogP contribution in [0.1, 0.15) is 51.0 Å². The van der Waals surface area contributed by atoms with E-state index in [1.165, 1.54) is 55.0 Å². The highest BCUT2D eigenvalue weighted by molar-refractivity contribution is 5.83. The van der Waals surface area contributed by atoms with Crippen LogP contribution in [0.4, 0.5) is 0 Å². The molecular formula is C19H29N3. The Morgan fingerprint density at radius 3 is 2.77 bits per heavy atom. The van der Waals surface area contributed by atoms with E-state index in [2.05, 4.69) is 47.7 Å². The lowest BCUT2D eigenvalue weighted by Crippen LogP contribution is -2.50. The molecule has 0 bridgehead atoms. The predicted molar refractivity (Wildman–Crippen MR) is 94.1 cm³/mol. The third kappa shape index (κ3) is 3.36. The molecule has 22 heavy (non-hydrogen) atoms. The molecule has 0 spiro atoms. The van der Waals surface area contributed by atoms with E-state index >= 15 is 0 Å². The van der Waals surface area contributed by atoms with Gasteiger partial charge in [0.1, 0.15) is 0 Å². The smallest absolute Gasteiger partial charge is 0.0456 e. The van der Waals surface area contributed by atoms with E-state index < -0.39 is 0 Å². The molecule has 3 heteroatoms. The van der Waals surface area contributed by atoms with Crippen LogP contribution >= 0.6 is 0 Å². The lowest BCUT2D eigenvalue weighted by Gasteiger charge is -2.38. The number of hydrogen-bond acceptors (Lipinski definition) is 2. The van der Waals surface area contributed by atoms with Crippen LogP contribution in [0.3, 0.4) is 0 Å². The Hall–Kier alpha value is -1.32. The van der Waals surface area contributed by atoms with Crippen LogP contribution in [0, 0.1) is 0 Å². The van der Waals surface area contributed by atoms with Crippen molar-refractivity contribution in [2.75, 3.05) is 6.54 Å². The Labute approximate surface area is 133 Å². The zero-order valence-corrected chi connectivity index (χ0v) is 13.7. The first-order valence-electron chi connectivity index (χ1n) is 8.78. The van der Waals surface area contributed by atoms with Crippen LogP contribution < -0.4 is 11.1 Å². The van der Waals surface area contributed by atoms with Crippen molar-refractivity contribution in [3.63, 3.8) is 0 Å². The Morgan fingerprint density at radius 1 is 1.23 bits per heavy atom. The Balaban J connectivity index is 1.59. The van der Waals surface area contributed by atoms with Crippen LogP contribution in [-0.2, 0) is 6.42 Å². The highest BCUT2D eigenvalue weighted by Crippen LogP contribution is 2.30. The van der Waals surface area contributed by atoms with Gasteiger partial charge in [0.05, 0.1) is 0 Å². The maximum atomic E-state index is 6.41. The van der Waals surface area contributed by atoms with E-state index in [1.807, 2.05) is 0 Å². The second-order valence-corrected chi connectivity index (χ2v) is 6.90.